The summed E-state index contributed by atoms with van der Waals surface area (Å²) < 4.78 is 1.95. The first-order chi connectivity index (χ1) is 12.8. The number of H-pyrrole nitrogens is 1. The van der Waals surface area contributed by atoms with Gasteiger partial charge in [-0.3, -0.25) is 14.7 Å². The highest BCUT2D eigenvalue weighted by Gasteiger charge is 2.32. The van der Waals surface area contributed by atoms with Crippen molar-refractivity contribution in [2.24, 2.45) is 12.5 Å². The van der Waals surface area contributed by atoms with Crippen LogP contribution in [0.4, 0.5) is 0 Å². The van der Waals surface area contributed by atoms with E-state index in [9.17, 15) is 9.59 Å². The van der Waals surface area contributed by atoms with Gasteiger partial charge in [0.15, 0.2) is 0 Å². The molecule has 2 N–H and O–H groups in total. The molecule has 8 nitrogen and oxygen atoms in total. The van der Waals surface area contributed by atoms with Crippen molar-refractivity contribution in [2.45, 2.75) is 45.6 Å². The van der Waals surface area contributed by atoms with Gasteiger partial charge in [-0.15, -0.1) is 0 Å². The third-order valence-electron chi connectivity index (χ3n) is 5.13. The molecular formula is C19H28N6O2. The van der Waals surface area contributed by atoms with Gasteiger partial charge >= 0.3 is 0 Å². The normalized spacial score (nSPS) is 19.5. The van der Waals surface area contributed by atoms with Crippen molar-refractivity contribution in [3.8, 4) is 0 Å². The van der Waals surface area contributed by atoms with Gasteiger partial charge in [-0.05, 0) is 24.7 Å². The van der Waals surface area contributed by atoms with Gasteiger partial charge < -0.3 is 14.8 Å². The summed E-state index contributed by atoms with van der Waals surface area (Å²) in [5.74, 6) is 0.0339. The van der Waals surface area contributed by atoms with Crippen molar-refractivity contribution in [3.63, 3.8) is 0 Å². The lowest BCUT2D eigenvalue weighted by molar-refractivity contribution is -0.132. The van der Waals surface area contributed by atoms with Crippen LogP contribution in [0.2, 0.25) is 0 Å². The van der Waals surface area contributed by atoms with E-state index in [1.54, 1.807) is 18.7 Å². The zero-order valence-electron chi connectivity index (χ0n) is 16.2. The summed E-state index contributed by atoms with van der Waals surface area (Å²) >= 11 is 0. The molecule has 1 aliphatic heterocycles. The highest BCUT2D eigenvalue weighted by molar-refractivity contribution is 5.93. The molecule has 0 aromatic carbocycles. The summed E-state index contributed by atoms with van der Waals surface area (Å²) in [6.45, 7) is 5.66. The Bertz CT molecular complexity index is 780. The number of aromatic nitrogens is 4. The first-order valence-corrected chi connectivity index (χ1v) is 9.37. The summed E-state index contributed by atoms with van der Waals surface area (Å²) in [5, 5.41) is 9.57. The van der Waals surface area contributed by atoms with Crippen molar-refractivity contribution in [1.82, 2.24) is 30.0 Å². The third kappa shape index (κ3) is 4.96. The second-order valence-corrected chi connectivity index (χ2v) is 8.13. The highest BCUT2D eigenvalue weighted by atomic mass is 16.2. The molecule has 0 saturated carbocycles. The van der Waals surface area contributed by atoms with Crippen LogP contribution in [0.5, 0.6) is 0 Å². The van der Waals surface area contributed by atoms with Gasteiger partial charge in [0.1, 0.15) is 0 Å². The number of rotatable bonds is 5. The zero-order valence-corrected chi connectivity index (χ0v) is 16.2. The van der Waals surface area contributed by atoms with E-state index in [0.29, 0.717) is 31.5 Å². The molecule has 2 aromatic rings. The summed E-state index contributed by atoms with van der Waals surface area (Å²) in [6, 6.07) is 0.0391. The van der Waals surface area contributed by atoms with E-state index in [4.69, 9.17) is 0 Å². The zero-order chi connectivity index (χ0) is 19.4. The second-order valence-electron chi connectivity index (χ2n) is 8.13. The molecule has 2 amide bonds. The van der Waals surface area contributed by atoms with Crippen molar-refractivity contribution in [3.05, 3.63) is 36.2 Å². The monoisotopic (exact) mass is 372 g/mol. The average Bonchev–Trinajstić information content (AvgIpc) is 3.24. The van der Waals surface area contributed by atoms with Crippen LogP contribution in [0.1, 0.15) is 49.2 Å². The number of nitrogens with one attached hydrogen (secondary N) is 2. The minimum atomic E-state index is -0.125. The molecule has 27 heavy (non-hydrogen) atoms. The Balaban J connectivity index is 1.58. The van der Waals surface area contributed by atoms with Gasteiger partial charge in [0.2, 0.25) is 5.91 Å². The molecule has 1 saturated heterocycles. The van der Waals surface area contributed by atoms with Crippen LogP contribution in [0.25, 0.3) is 0 Å². The molecule has 0 radical (unpaired) electrons. The number of aromatic amines is 1. The molecule has 1 fully saturated rings. The van der Waals surface area contributed by atoms with Gasteiger partial charge in [-0.25, -0.2) is 4.98 Å². The molecule has 2 aromatic heterocycles. The minimum Gasteiger partial charge on any atom is -0.349 e. The number of likely N-dealkylation sites (tertiary alicyclic amines) is 1. The SMILES string of the molecule is Cn1cncc1CCC(=O)N1CCC(NC(=O)c2cn[nH]c2)CC(C)(C)C1. The van der Waals surface area contributed by atoms with E-state index in [-0.39, 0.29) is 23.3 Å². The maximum Gasteiger partial charge on any atom is 0.254 e. The summed E-state index contributed by atoms with van der Waals surface area (Å²) in [6.07, 6.45) is 9.42. The number of carbonyl (C=O) groups excluding carboxylic acids is 2. The van der Waals surface area contributed by atoms with Crippen LogP contribution < -0.4 is 5.32 Å². The molecule has 1 aliphatic rings. The summed E-state index contributed by atoms with van der Waals surface area (Å²) in [5.41, 5.74) is 1.52. The molecular weight excluding hydrogens is 344 g/mol. The largest absolute Gasteiger partial charge is 0.349 e. The average molecular weight is 372 g/mol. The summed E-state index contributed by atoms with van der Waals surface area (Å²) in [7, 11) is 1.94. The minimum absolute atomic E-state index is 0.0391. The van der Waals surface area contributed by atoms with Gasteiger partial charge in [0.25, 0.3) is 5.91 Å². The van der Waals surface area contributed by atoms with Crippen LogP contribution in [0.3, 0.4) is 0 Å². The van der Waals surface area contributed by atoms with E-state index < -0.39 is 0 Å². The Hall–Kier alpha value is -2.64. The molecule has 0 aliphatic carbocycles. The van der Waals surface area contributed by atoms with Crippen molar-refractivity contribution in [1.29, 1.82) is 0 Å². The quantitative estimate of drug-likeness (QED) is 0.832. The Kier molecular flexibility index (Phi) is 5.62. The van der Waals surface area contributed by atoms with Crippen LogP contribution >= 0.6 is 0 Å². The Morgan fingerprint density at radius 3 is 2.85 bits per heavy atom. The predicted molar refractivity (Wildman–Crippen MR) is 101 cm³/mol. The maximum absolute atomic E-state index is 12.8. The molecule has 146 valence electrons. The fourth-order valence-corrected chi connectivity index (χ4v) is 3.74. The lowest BCUT2D eigenvalue weighted by atomic mass is 9.85. The van der Waals surface area contributed by atoms with Gasteiger partial charge in [0.05, 0.1) is 18.1 Å². The van der Waals surface area contributed by atoms with Crippen molar-refractivity contribution < 1.29 is 9.59 Å². The van der Waals surface area contributed by atoms with E-state index >= 15 is 0 Å². The van der Waals surface area contributed by atoms with E-state index in [2.05, 4.69) is 34.3 Å². The fraction of sp³-hybridized carbons (Fsp3) is 0.579. The molecule has 3 rings (SSSR count). The molecule has 8 heteroatoms. The number of nitrogens with zero attached hydrogens (tertiary/aromatic N) is 4. The number of aryl methyl sites for hydroxylation is 2. The third-order valence-corrected chi connectivity index (χ3v) is 5.13. The maximum atomic E-state index is 12.8. The van der Waals surface area contributed by atoms with Crippen molar-refractivity contribution in [2.75, 3.05) is 13.1 Å². The molecule has 0 bridgehead atoms. The standard InChI is InChI=1S/C19H28N6O2/c1-19(2)8-15(23-18(27)14-9-21-22-10-14)6-7-25(12-19)17(26)5-4-16-11-20-13-24(16)3/h9-11,13,15H,4-8,12H2,1-3H3,(H,21,22)(H,23,27). The first-order valence-electron chi connectivity index (χ1n) is 9.37. The Morgan fingerprint density at radius 1 is 1.37 bits per heavy atom. The van der Waals surface area contributed by atoms with E-state index in [0.717, 1.165) is 18.5 Å². The number of hydrogen-bond acceptors (Lipinski definition) is 4. The molecule has 1 atom stereocenters. The lowest BCUT2D eigenvalue weighted by Gasteiger charge is -2.30. The van der Waals surface area contributed by atoms with Gasteiger partial charge in [-0.2, -0.15) is 5.10 Å². The van der Waals surface area contributed by atoms with Crippen LogP contribution in [-0.2, 0) is 18.3 Å². The molecule has 0 spiro atoms. The highest BCUT2D eigenvalue weighted by Crippen LogP contribution is 2.29. The topological polar surface area (TPSA) is 95.9 Å². The van der Waals surface area contributed by atoms with Gasteiger partial charge in [-0.1, -0.05) is 13.8 Å². The first kappa shape index (κ1) is 19.1. The van der Waals surface area contributed by atoms with Crippen LogP contribution in [0, 0.1) is 5.41 Å². The summed E-state index contributed by atoms with van der Waals surface area (Å²) in [4.78, 5) is 31.1. The second kappa shape index (κ2) is 7.94. The number of amides is 2. The van der Waals surface area contributed by atoms with Crippen LogP contribution in [-0.4, -0.2) is 55.6 Å². The smallest absolute Gasteiger partial charge is 0.254 e. The van der Waals surface area contributed by atoms with Gasteiger partial charge in [0, 0.05) is 50.7 Å². The predicted octanol–water partition coefficient (Wildman–Crippen LogP) is 1.52. The van der Waals surface area contributed by atoms with E-state index in [1.165, 1.54) is 6.20 Å². The lowest BCUT2D eigenvalue weighted by Crippen LogP contribution is -2.38. The number of carbonyl (C=O) groups is 2. The van der Waals surface area contributed by atoms with Crippen LogP contribution in [0.15, 0.2) is 24.9 Å². The Labute approximate surface area is 159 Å². The fourth-order valence-electron chi connectivity index (χ4n) is 3.74. The number of hydrogen-bond donors (Lipinski definition) is 2. The molecule has 3 heterocycles. The number of imidazole rings is 1. The Morgan fingerprint density at radius 2 is 2.19 bits per heavy atom. The molecule has 1 unspecified atom stereocenters. The van der Waals surface area contributed by atoms with Crippen molar-refractivity contribution >= 4 is 11.8 Å². The van der Waals surface area contributed by atoms with E-state index in [1.807, 2.05) is 16.5 Å².